The highest BCUT2D eigenvalue weighted by Crippen LogP contribution is 2.46. The van der Waals surface area contributed by atoms with Crippen molar-refractivity contribution < 1.29 is 4.74 Å². The van der Waals surface area contributed by atoms with Crippen molar-refractivity contribution in [2.45, 2.75) is 32.1 Å². The van der Waals surface area contributed by atoms with Gasteiger partial charge in [-0.2, -0.15) is 5.10 Å². The second-order valence-electron chi connectivity index (χ2n) is 7.12. The zero-order valence-electron chi connectivity index (χ0n) is 15.8. The molecule has 7 nitrogen and oxygen atoms in total. The van der Waals surface area contributed by atoms with Crippen LogP contribution >= 0.6 is 11.3 Å². The van der Waals surface area contributed by atoms with Crippen LogP contribution in [0.2, 0.25) is 0 Å². The van der Waals surface area contributed by atoms with Gasteiger partial charge >= 0.3 is 0 Å². The van der Waals surface area contributed by atoms with Gasteiger partial charge in [0.2, 0.25) is 5.88 Å². The zero-order chi connectivity index (χ0) is 19.0. The Labute approximate surface area is 161 Å². The molecule has 0 unspecified atom stereocenters. The molecule has 3 aromatic rings. The highest BCUT2D eigenvalue weighted by molar-refractivity contribution is 7.09. The Morgan fingerprint density at radius 1 is 1.30 bits per heavy atom. The molecule has 2 atom stereocenters. The molecular formula is C19H23N5O2S. The normalized spacial score (nSPS) is 18.6. The molecule has 4 rings (SSSR count). The number of hydrogen-bond donors (Lipinski definition) is 0. The van der Waals surface area contributed by atoms with Gasteiger partial charge < -0.3 is 4.74 Å². The van der Waals surface area contributed by atoms with E-state index in [9.17, 15) is 4.79 Å². The molecule has 1 fully saturated rings. The Balaban J connectivity index is 1.38. The predicted octanol–water partition coefficient (Wildman–Crippen LogP) is 2.25. The smallest absolute Gasteiger partial charge is 0.269 e. The van der Waals surface area contributed by atoms with Crippen LogP contribution in [0.15, 0.2) is 28.5 Å². The molecule has 1 aliphatic rings. The molecule has 0 radical (unpaired) electrons. The molecule has 0 bridgehead atoms. The summed E-state index contributed by atoms with van der Waals surface area (Å²) in [5.74, 6) is 1.43. The number of rotatable bonds is 7. The Bertz CT molecular complexity index is 1010. The molecule has 8 heteroatoms. The van der Waals surface area contributed by atoms with Crippen LogP contribution in [0.25, 0.3) is 0 Å². The van der Waals surface area contributed by atoms with Crippen LogP contribution in [0.4, 0.5) is 0 Å². The van der Waals surface area contributed by atoms with Crippen LogP contribution in [-0.2, 0) is 26.9 Å². The van der Waals surface area contributed by atoms with Gasteiger partial charge in [-0.1, -0.05) is 0 Å². The van der Waals surface area contributed by atoms with Gasteiger partial charge in [0.15, 0.2) is 0 Å². The van der Waals surface area contributed by atoms with E-state index in [1.807, 2.05) is 30.2 Å². The minimum atomic E-state index is -0.0768. The first-order valence-electron chi connectivity index (χ1n) is 9.10. The Kier molecular flexibility index (Phi) is 4.82. The van der Waals surface area contributed by atoms with Gasteiger partial charge in [0, 0.05) is 49.1 Å². The van der Waals surface area contributed by atoms with Gasteiger partial charge in [-0.15, -0.1) is 16.4 Å². The molecule has 0 aromatic carbocycles. The SMILES string of the molecule is Cc1nc(CCc2cc(OC[C@H]3C[C@@H]3c3ccn(C)n3)nn(C)c2=O)cs1. The largest absolute Gasteiger partial charge is 0.476 e. The molecule has 27 heavy (non-hydrogen) atoms. The fourth-order valence-electron chi connectivity index (χ4n) is 3.29. The van der Waals surface area contributed by atoms with E-state index in [0.717, 1.165) is 29.2 Å². The van der Waals surface area contributed by atoms with Crippen molar-refractivity contribution in [1.82, 2.24) is 24.5 Å². The fourth-order valence-corrected chi connectivity index (χ4v) is 3.94. The molecular weight excluding hydrogens is 362 g/mol. The minimum Gasteiger partial charge on any atom is -0.476 e. The lowest BCUT2D eigenvalue weighted by Gasteiger charge is -2.08. The van der Waals surface area contributed by atoms with Crippen molar-refractivity contribution in [3.05, 3.63) is 56.0 Å². The summed E-state index contributed by atoms with van der Waals surface area (Å²) >= 11 is 1.63. The summed E-state index contributed by atoms with van der Waals surface area (Å²) in [5, 5.41) is 11.8. The average molecular weight is 385 g/mol. The van der Waals surface area contributed by atoms with E-state index >= 15 is 0 Å². The fraction of sp³-hybridized carbons (Fsp3) is 0.474. The Morgan fingerprint density at radius 3 is 2.85 bits per heavy atom. The van der Waals surface area contributed by atoms with E-state index in [1.165, 1.54) is 4.68 Å². The topological polar surface area (TPSA) is 74.8 Å². The standard InChI is InChI=1S/C19H23N5O2S/c1-12-20-15(11-27-12)5-4-13-9-18(22-24(3)19(13)25)26-10-14-8-16(14)17-6-7-23(2)21-17/h6-7,9,11,14,16H,4-5,8,10H2,1-3H3/t14-,16+/m1/s1. The number of thiazole rings is 1. The van der Waals surface area contributed by atoms with Crippen molar-refractivity contribution in [3.8, 4) is 5.88 Å². The van der Waals surface area contributed by atoms with Crippen LogP contribution in [0, 0.1) is 12.8 Å². The lowest BCUT2D eigenvalue weighted by molar-refractivity contribution is 0.277. The molecule has 0 N–H and O–H groups in total. The first kappa shape index (κ1) is 17.9. The molecule has 0 spiro atoms. The third kappa shape index (κ3) is 4.10. The van der Waals surface area contributed by atoms with E-state index in [-0.39, 0.29) is 5.56 Å². The van der Waals surface area contributed by atoms with Crippen molar-refractivity contribution in [2.24, 2.45) is 20.0 Å². The maximum Gasteiger partial charge on any atom is 0.269 e. The van der Waals surface area contributed by atoms with Crippen LogP contribution in [0.1, 0.15) is 34.3 Å². The molecule has 3 aromatic heterocycles. The van der Waals surface area contributed by atoms with Crippen LogP contribution < -0.4 is 10.3 Å². The monoisotopic (exact) mass is 385 g/mol. The number of nitrogens with zero attached hydrogens (tertiary/aromatic N) is 5. The van der Waals surface area contributed by atoms with Crippen molar-refractivity contribution in [1.29, 1.82) is 0 Å². The number of aromatic nitrogens is 5. The lowest BCUT2D eigenvalue weighted by atomic mass is 10.1. The summed E-state index contributed by atoms with van der Waals surface area (Å²) in [7, 11) is 3.60. The summed E-state index contributed by atoms with van der Waals surface area (Å²) in [6, 6.07) is 3.84. The lowest BCUT2D eigenvalue weighted by Crippen LogP contribution is -2.24. The second kappa shape index (κ2) is 7.26. The van der Waals surface area contributed by atoms with Gasteiger partial charge in [0.05, 0.1) is 23.0 Å². The quantitative estimate of drug-likeness (QED) is 0.624. The average Bonchev–Trinajstić information content (AvgIpc) is 3.09. The molecule has 142 valence electrons. The molecule has 1 saturated carbocycles. The van der Waals surface area contributed by atoms with Crippen LogP contribution in [0.3, 0.4) is 0 Å². The van der Waals surface area contributed by atoms with E-state index in [4.69, 9.17) is 4.74 Å². The number of aryl methyl sites for hydroxylation is 5. The molecule has 3 heterocycles. The summed E-state index contributed by atoms with van der Waals surface area (Å²) in [5.41, 5.74) is 2.78. The van der Waals surface area contributed by atoms with Gasteiger partial charge in [0.25, 0.3) is 5.56 Å². The number of ether oxygens (including phenoxy) is 1. The summed E-state index contributed by atoms with van der Waals surface area (Å²) < 4.78 is 9.09. The van der Waals surface area contributed by atoms with Crippen LogP contribution in [-0.4, -0.2) is 31.2 Å². The highest BCUT2D eigenvalue weighted by Gasteiger charge is 2.40. The van der Waals surface area contributed by atoms with Crippen molar-refractivity contribution in [2.75, 3.05) is 6.61 Å². The predicted molar refractivity (Wildman–Crippen MR) is 103 cm³/mol. The van der Waals surface area contributed by atoms with E-state index < -0.39 is 0 Å². The second-order valence-corrected chi connectivity index (χ2v) is 8.18. The van der Waals surface area contributed by atoms with Crippen molar-refractivity contribution >= 4 is 11.3 Å². The van der Waals surface area contributed by atoms with Gasteiger partial charge in [0.1, 0.15) is 0 Å². The molecule has 0 aliphatic heterocycles. The Hall–Kier alpha value is -2.48. The van der Waals surface area contributed by atoms with Gasteiger partial charge in [-0.3, -0.25) is 9.48 Å². The Morgan fingerprint density at radius 2 is 2.15 bits per heavy atom. The maximum atomic E-state index is 12.4. The first-order valence-corrected chi connectivity index (χ1v) is 9.98. The first-order chi connectivity index (χ1) is 13.0. The van der Waals surface area contributed by atoms with E-state index in [2.05, 4.69) is 21.2 Å². The van der Waals surface area contributed by atoms with E-state index in [0.29, 0.717) is 36.3 Å². The van der Waals surface area contributed by atoms with Gasteiger partial charge in [-0.25, -0.2) is 9.67 Å². The third-order valence-electron chi connectivity index (χ3n) is 4.91. The molecule has 1 aliphatic carbocycles. The highest BCUT2D eigenvalue weighted by atomic mass is 32.1. The number of hydrogen-bond acceptors (Lipinski definition) is 6. The van der Waals surface area contributed by atoms with Crippen molar-refractivity contribution in [3.63, 3.8) is 0 Å². The molecule has 0 amide bonds. The zero-order valence-corrected chi connectivity index (χ0v) is 16.6. The summed E-state index contributed by atoms with van der Waals surface area (Å²) in [6.07, 6.45) is 4.43. The summed E-state index contributed by atoms with van der Waals surface area (Å²) in [4.78, 5) is 16.8. The van der Waals surface area contributed by atoms with E-state index in [1.54, 1.807) is 24.5 Å². The molecule has 0 saturated heterocycles. The third-order valence-corrected chi connectivity index (χ3v) is 5.74. The van der Waals surface area contributed by atoms with Gasteiger partial charge in [-0.05, 0) is 32.3 Å². The maximum absolute atomic E-state index is 12.4. The summed E-state index contributed by atoms with van der Waals surface area (Å²) in [6.45, 7) is 2.58. The van der Waals surface area contributed by atoms with Crippen LogP contribution in [0.5, 0.6) is 5.88 Å². The minimum absolute atomic E-state index is 0.0768.